The number of aromatic hydroxyl groups is 1. The third-order valence-electron chi connectivity index (χ3n) is 2.71. The standard InChI is InChI=1S/C15H13Br2NO2/c1-9-3-4-14(19)13(5-9)18-8-10-6-11(16)7-12(17)15(10)20-2/h3-8,19H,1-2H3. The molecular formula is C15H13Br2NO2. The summed E-state index contributed by atoms with van der Waals surface area (Å²) < 4.78 is 7.11. The van der Waals surface area contributed by atoms with Gasteiger partial charge in [0.05, 0.1) is 11.6 Å². The summed E-state index contributed by atoms with van der Waals surface area (Å²) in [5.41, 5.74) is 2.38. The summed E-state index contributed by atoms with van der Waals surface area (Å²) in [5, 5.41) is 9.79. The zero-order chi connectivity index (χ0) is 14.7. The van der Waals surface area contributed by atoms with Crippen LogP contribution in [0.4, 0.5) is 5.69 Å². The molecule has 0 unspecified atom stereocenters. The van der Waals surface area contributed by atoms with Crippen molar-refractivity contribution in [3.05, 3.63) is 50.4 Å². The Morgan fingerprint density at radius 2 is 1.95 bits per heavy atom. The number of aliphatic imine (C=N–C) groups is 1. The number of methoxy groups -OCH3 is 1. The van der Waals surface area contributed by atoms with Crippen molar-refractivity contribution < 1.29 is 9.84 Å². The van der Waals surface area contributed by atoms with Crippen molar-refractivity contribution in [3.63, 3.8) is 0 Å². The monoisotopic (exact) mass is 397 g/mol. The highest BCUT2D eigenvalue weighted by Crippen LogP contribution is 2.33. The fraction of sp³-hybridized carbons (Fsp3) is 0.133. The van der Waals surface area contributed by atoms with Gasteiger partial charge in [-0.2, -0.15) is 0 Å². The van der Waals surface area contributed by atoms with E-state index in [1.54, 1.807) is 19.4 Å². The van der Waals surface area contributed by atoms with Gasteiger partial charge < -0.3 is 9.84 Å². The lowest BCUT2D eigenvalue weighted by Crippen LogP contribution is -1.92. The van der Waals surface area contributed by atoms with Crippen LogP contribution in [0.25, 0.3) is 0 Å². The normalized spacial score (nSPS) is 11.0. The number of hydrogen-bond donors (Lipinski definition) is 1. The number of ether oxygens (including phenoxy) is 1. The van der Waals surface area contributed by atoms with Crippen LogP contribution in [0.1, 0.15) is 11.1 Å². The number of aryl methyl sites for hydroxylation is 1. The second-order valence-electron chi connectivity index (χ2n) is 4.26. The van der Waals surface area contributed by atoms with Crippen molar-refractivity contribution in [3.8, 4) is 11.5 Å². The lowest BCUT2D eigenvalue weighted by atomic mass is 10.2. The number of rotatable bonds is 3. The molecule has 2 aromatic rings. The highest BCUT2D eigenvalue weighted by Gasteiger charge is 2.08. The Balaban J connectivity index is 2.43. The van der Waals surface area contributed by atoms with Crippen LogP contribution < -0.4 is 4.74 Å². The van der Waals surface area contributed by atoms with Crippen LogP contribution in [0.15, 0.2) is 44.3 Å². The van der Waals surface area contributed by atoms with Crippen molar-refractivity contribution in [2.45, 2.75) is 6.92 Å². The summed E-state index contributed by atoms with van der Waals surface area (Å²) in [6.45, 7) is 1.95. The molecule has 0 spiro atoms. The van der Waals surface area contributed by atoms with Gasteiger partial charge in [-0.25, -0.2) is 0 Å². The number of hydrogen-bond acceptors (Lipinski definition) is 3. The van der Waals surface area contributed by atoms with Crippen molar-refractivity contribution in [2.75, 3.05) is 7.11 Å². The first-order valence-corrected chi connectivity index (χ1v) is 7.46. The van der Waals surface area contributed by atoms with Crippen LogP contribution in [-0.4, -0.2) is 18.4 Å². The molecule has 0 aliphatic carbocycles. The van der Waals surface area contributed by atoms with E-state index in [1.807, 2.05) is 31.2 Å². The molecule has 5 heteroatoms. The molecule has 0 fully saturated rings. The van der Waals surface area contributed by atoms with Crippen LogP contribution >= 0.6 is 31.9 Å². The van der Waals surface area contributed by atoms with Gasteiger partial charge in [0.1, 0.15) is 17.2 Å². The Hall–Kier alpha value is -1.33. The molecular weight excluding hydrogens is 386 g/mol. The molecule has 0 radical (unpaired) electrons. The number of phenols is 1. The fourth-order valence-corrected chi connectivity index (χ4v) is 3.19. The molecule has 104 valence electrons. The predicted molar refractivity (Wildman–Crippen MR) is 88.5 cm³/mol. The highest BCUT2D eigenvalue weighted by molar-refractivity contribution is 9.11. The summed E-state index contributed by atoms with van der Waals surface area (Å²) in [6.07, 6.45) is 1.67. The minimum atomic E-state index is 0.153. The molecule has 3 nitrogen and oxygen atoms in total. The minimum Gasteiger partial charge on any atom is -0.506 e. The van der Waals surface area contributed by atoms with Gasteiger partial charge in [0.2, 0.25) is 0 Å². The van der Waals surface area contributed by atoms with Crippen molar-refractivity contribution in [1.29, 1.82) is 0 Å². The number of phenolic OH excluding ortho intramolecular Hbond substituents is 1. The lowest BCUT2D eigenvalue weighted by Gasteiger charge is -2.08. The minimum absolute atomic E-state index is 0.153. The third kappa shape index (κ3) is 3.41. The molecule has 2 rings (SSSR count). The van der Waals surface area contributed by atoms with Crippen molar-refractivity contribution >= 4 is 43.8 Å². The maximum absolute atomic E-state index is 9.79. The third-order valence-corrected chi connectivity index (χ3v) is 3.76. The van der Waals surface area contributed by atoms with Gasteiger partial charge in [-0.15, -0.1) is 0 Å². The van der Waals surface area contributed by atoms with Gasteiger partial charge in [-0.3, -0.25) is 4.99 Å². The van der Waals surface area contributed by atoms with Gasteiger partial charge in [0.25, 0.3) is 0 Å². The SMILES string of the molecule is COc1c(Br)cc(Br)cc1C=Nc1cc(C)ccc1O. The number of halogens is 2. The van der Waals surface area contributed by atoms with E-state index in [0.717, 1.165) is 20.1 Å². The second-order valence-corrected chi connectivity index (χ2v) is 6.03. The van der Waals surface area contributed by atoms with Crippen LogP contribution in [0.3, 0.4) is 0 Å². The highest BCUT2D eigenvalue weighted by atomic mass is 79.9. The maximum Gasteiger partial charge on any atom is 0.141 e. The Morgan fingerprint density at radius 1 is 1.20 bits per heavy atom. The van der Waals surface area contributed by atoms with Crippen molar-refractivity contribution in [2.24, 2.45) is 4.99 Å². The second kappa shape index (κ2) is 6.41. The van der Waals surface area contributed by atoms with E-state index in [-0.39, 0.29) is 5.75 Å². The summed E-state index contributed by atoms with van der Waals surface area (Å²) >= 11 is 6.88. The van der Waals surface area contributed by atoms with Crippen LogP contribution in [-0.2, 0) is 0 Å². The molecule has 0 atom stereocenters. The van der Waals surface area contributed by atoms with E-state index < -0.39 is 0 Å². The van der Waals surface area contributed by atoms with E-state index >= 15 is 0 Å². The molecule has 0 aliphatic heterocycles. The fourth-order valence-electron chi connectivity index (χ4n) is 1.77. The summed E-state index contributed by atoms with van der Waals surface area (Å²) in [4.78, 5) is 4.33. The molecule has 0 aromatic heterocycles. The maximum atomic E-state index is 9.79. The molecule has 20 heavy (non-hydrogen) atoms. The van der Waals surface area contributed by atoms with E-state index in [0.29, 0.717) is 11.4 Å². The number of nitrogens with zero attached hydrogens (tertiary/aromatic N) is 1. The average molecular weight is 399 g/mol. The largest absolute Gasteiger partial charge is 0.506 e. The molecule has 0 bridgehead atoms. The predicted octanol–water partition coefficient (Wildman–Crippen LogP) is 4.98. The first-order chi connectivity index (χ1) is 9.51. The quantitative estimate of drug-likeness (QED) is 0.740. The van der Waals surface area contributed by atoms with E-state index in [1.165, 1.54) is 0 Å². The van der Waals surface area contributed by atoms with Crippen molar-refractivity contribution in [1.82, 2.24) is 0 Å². The Labute approximate surface area is 134 Å². The topological polar surface area (TPSA) is 41.8 Å². The van der Waals surface area contributed by atoms with Gasteiger partial charge in [0, 0.05) is 16.3 Å². The molecule has 0 aliphatic rings. The lowest BCUT2D eigenvalue weighted by molar-refractivity contribution is 0.411. The van der Waals surface area contributed by atoms with Crippen LogP contribution in [0.5, 0.6) is 11.5 Å². The van der Waals surface area contributed by atoms with E-state index in [2.05, 4.69) is 36.9 Å². The molecule has 0 amide bonds. The smallest absolute Gasteiger partial charge is 0.141 e. The number of benzene rings is 2. The zero-order valence-corrected chi connectivity index (χ0v) is 14.2. The average Bonchev–Trinajstić information content (AvgIpc) is 2.39. The molecule has 2 aromatic carbocycles. The Morgan fingerprint density at radius 3 is 2.65 bits per heavy atom. The van der Waals surface area contributed by atoms with Gasteiger partial charge in [-0.1, -0.05) is 22.0 Å². The van der Waals surface area contributed by atoms with Crippen LogP contribution in [0.2, 0.25) is 0 Å². The first-order valence-electron chi connectivity index (χ1n) is 5.88. The zero-order valence-electron chi connectivity index (χ0n) is 11.0. The molecule has 0 saturated carbocycles. The van der Waals surface area contributed by atoms with Gasteiger partial charge >= 0.3 is 0 Å². The van der Waals surface area contributed by atoms with E-state index in [9.17, 15) is 5.11 Å². The first kappa shape index (κ1) is 15.1. The molecule has 1 N–H and O–H groups in total. The summed E-state index contributed by atoms with van der Waals surface area (Å²) in [5.74, 6) is 0.851. The Bertz CT molecular complexity index is 669. The summed E-state index contributed by atoms with van der Waals surface area (Å²) in [7, 11) is 1.61. The Kier molecular flexibility index (Phi) is 4.83. The van der Waals surface area contributed by atoms with Gasteiger partial charge in [0.15, 0.2) is 0 Å². The summed E-state index contributed by atoms with van der Waals surface area (Å²) in [6, 6.07) is 9.10. The molecule has 0 saturated heterocycles. The molecule has 0 heterocycles. The van der Waals surface area contributed by atoms with E-state index in [4.69, 9.17) is 4.74 Å². The van der Waals surface area contributed by atoms with Crippen LogP contribution in [0, 0.1) is 6.92 Å². The van der Waals surface area contributed by atoms with Gasteiger partial charge in [-0.05, 0) is 52.7 Å².